The van der Waals surface area contributed by atoms with Crippen LogP contribution < -0.4 is 5.32 Å². The summed E-state index contributed by atoms with van der Waals surface area (Å²) in [6, 6.07) is 9.99. The molecular formula is C15H13N3O4S3. The maximum Gasteiger partial charge on any atom is 0.277 e. The third-order valence-electron chi connectivity index (χ3n) is 3.03. The number of nitrogens with zero attached hydrogens (tertiary/aromatic N) is 2. The number of sulfone groups is 1. The molecule has 0 bridgehead atoms. The van der Waals surface area contributed by atoms with Crippen molar-refractivity contribution in [1.82, 2.24) is 10.2 Å². The van der Waals surface area contributed by atoms with Crippen molar-refractivity contribution < 1.29 is 17.6 Å². The quantitative estimate of drug-likeness (QED) is 0.640. The highest BCUT2D eigenvalue weighted by atomic mass is 32.2. The van der Waals surface area contributed by atoms with Crippen LogP contribution in [0.2, 0.25) is 0 Å². The van der Waals surface area contributed by atoms with E-state index in [4.69, 9.17) is 4.42 Å². The van der Waals surface area contributed by atoms with Gasteiger partial charge in [0.15, 0.2) is 9.84 Å². The van der Waals surface area contributed by atoms with Crippen LogP contribution in [0.15, 0.2) is 56.3 Å². The summed E-state index contributed by atoms with van der Waals surface area (Å²) in [5.41, 5.74) is 0.250. The van der Waals surface area contributed by atoms with Crippen LogP contribution in [0.1, 0.15) is 0 Å². The lowest BCUT2D eigenvalue weighted by atomic mass is 10.3. The van der Waals surface area contributed by atoms with E-state index in [0.717, 1.165) is 22.9 Å². The van der Waals surface area contributed by atoms with E-state index in [2.05, 4.69) is 15.5 Å². The van der Waals surface area contributed by atoms with Gasteiger partial charge in [0.2, 0.25) is 5.91 Å². The zero-order chi connectivity index (χ0) is 17.9. The van der Waals surface area contributed by atoms with Crippen molar-refractivity contribution in [2.75, 3.05) is 17.3 Å². The summed E-state index contributed by atoms with van der Waals surface area (Å²) in [7, 11) is -3.43. The predicted octanol–water partition coefficient (Wildman–Crippen LogP) is 2.93. The number of thiophene rings is 1. The van der Waals surface area contributed by atoms with Crippen molar-refractivity contribution in [2.45, 2.75) is 10.1 Å². The molecule has 0 saturated heterocycles. The number of benzene rings is 1. The molecule has 0 atom stereocenters. The highest BCUT2D eigenvalue weighted by Gasteiger charge is 2.16. The number of anilines is 1. The fourth-order valence-electron chi connectivity index (χ4n) is 1.97. The Morgan fingerprint density at radius 2 is 2.04 bits per heavy atom. The fraction of sp³-hybridized carbons (Fsp3) is 0.133. The van der Waals surface area contributed by atoms with Gasteiger partial charge in [-0.05, 0) is 23.6 Å². The smallest absolute Gasteiger partial charge is 0.277 e. The van der Waals surface area contributed by atoms with E-state index in [1.54, 1.807) is 18.2 Å². The molecule has 3 rings (SSSR count). The van der Waals surface area contributed by atoms with Crippen molar-refractivity contribution >= 4 is 44.5 Å². The van der Waals surface area contributed by atoms with E-state index in [1.165, 1.54) is 17.4 Å². The summed E-state index contributed by atoms with van der Waals surface area (Å²) in [5.74, 6) is 0.0572. The van der Waals surface area contributed by atoms with E-state index in [-0.39, 0.29) is 27.5 Å². The van der Waals surface area contributed by atoms with Gasteiger partial charge in [0.05, 0.1) is 21.2 Å². The number of amides is 1. The number of carbonyl (C=O) groups is 1. The average Bonchev–Trinajstić information content (AvgIpc) is 3.24. The number of nitrogens with one attached hydrogen (secondary N) is 1. The Bertz CT molecular complexity index is 981. The first kappa shape index (κ1) is 17.6. The van der Waals surface area contributed by atoms with Crippen LogP contribution in [0.5, 0.6) is 0 Å². The number of hydrogen-bond donors (Lipinski definition) is 1. The Labute approximate surface area is 152 Å². The van der Waals surface area contributed by atoms with E-state index < -0.39 is 9.84 Å². The van der Waals surface area contributed by atoms with Crippen LogP contribution in [0.4, 0.5) is 5.69 Å². The fourth-order valence-corrected chi connectivity index (χ4v) is 4.03. The summed E-state index contributed by atoms with van der Waals surface area (Å²) in [4.78, 5) is 13.0. The second kappa shape index (κ2) is 7.38. The molecule has 130 valence electrons. The Balaban J connectivity index is 1.63. The normalized spacial score (nSPS) is 11.4. The predicted molar refractivity (Wildman–Crippen MR) is 96.5 cm³/mol. The molecule has 0 aliphatic heterocycles. The third-order valence-corrected chi connectivity index (χ3v) is 5.86. The van der Waals surface area contributed by atoms with Crippen LogP contribution in [0.3, 0.4) is 0 Å². The molecule has 0 fully saturated rings. The topological polar surface area (TPSA) is 102 Å². The third kappa shape index (κ3) is 4.47. The minimum absolute atomic E-state index is 0.0180. The largest absolute Gasteiger partial charge is 0.410 e. The lowest BCUT2D eigenvalue weighted by Crippen LogP contribution is -2.16. The van der Waals surface area contributed by atoms with Gasteiger partial charge in [0, 0.05) is 6.26 Å². The molecule has 2 aromatic heterocycles. The molecule has 0 saturated carbocycles. The van der Waals surface area contributed by atoms with Gasteiger partial charge in [-0.3, -0.25) is 4.79 Å². The molecule has 1 aromatic carbocycles. The molecule has 0 radical (unpaired) electrons. The lowest BCUT2D eigenvalue weighted by Gasteiger charge is -2.08. The first-order valence-electron chi connectivity index (χ1n) is 7.02. The van der Waals surface area contributed by atoms with Gasteiger partial charge in [0.1, 0.15) is 0 Å². The van der Waals surface area contributed by atoms with Gasteiger partial charge in [-0.25, -0.2) is 8.42 Å². The van der Waals surface area contributed by atoms with Crippen molar-refractivity contribution in [3.05, 3.63) is 41.8 Å². The zero-order valence-electron chi connectivity index (χ0n) is 13.0. The molecule has 1 amide bonds. The summed E-state index contributed by atoms with van der Waals surface area (Å²) >= 11 is 2.56. The molecule has 25 heavy (non-hydrogen) atoms. The van der Waals surface area contributed by atoms with Gasteiger partial charge >= 0.3 is 0 Å². The van der Waals surface area contributed by atoms with Crippen molar-refractivity contribution in [3.63, 3.8) is 0 Å². The SMILES string of the molecule is CS(=O)(=O)c1ccccc1NC(=O)CSc1nnc(-c2cccs2)o1. The molecule has 0 spiro atoms. The first-order valence-corrected chi connectivity index (χ1v) is 10.8. The first-order chi connectivity index (χ1) is 11.9. The average molecular weight is 395 g/mol. The minimum atomic E-state index is -3.43. The standard InChI is InChI=1S/C15H13N3O4S3/c1-25(20,21)12-7-3-2-5-10(12)16-13(19)9-24-15-18-17-14(22-15)11-6-4-8-23-11/h2-8H,9H2,1H3,(H,16,19). The second-order valence-corrected chi connectivity index (χ2v) is 8.81. The zero-order valence-corrected chi connectivity index (χ0v) is 15.5. The summed E-state index contributed by atoms with van der Waals surface area (Å²) in [5, 5.41) is 12.6. The van der Waals surface area contributed by atoms with Crippen molar-refractivity contribution in [2.24, 2.45) is 0 Å². The number of rotatable bonds is 6. The van der Waals surface area contributed by atoms with Gasteiger partial charge in [-0.2, -0.15) is 0 Å². The number of para-hydroxylation sites is 1. The minimum Gasteiger partial charge on any atom is -0.410 e. The van der Waals surface area contributed by atoms with Gasteiger partial charge in [-0.1, -0.05) is 30.0 Å². The number of aromatic nitrogens is 2. The Hall–Kier alpha value is -2.17. The van der Waals surface area contributed by atoms with Crippen LogP contribution in [-0.2, 0) is 14.6 Å². The van der Waals surface area contributed by atoms with Gasteiger partial charge in [-0.15, -0.1) is 21.5 Å². The van der Waals surface area contributed by atoms with Crippen molar-refractivity contribution in [3.8, 4) is 10.8 Å². The highest BCUT2D eigenvalue weighted by molar-refractivity contribution is 7.99. The summed E-state index contributed by atoms with van der Waals surface area (Å²) in [6.07, 6.45) is 1.09. The number of hydrogen-bond acceptors (Lipinski definition) is 8. The van der Waals surface area contributed by atoms with Crippen LogP contribution in [0.25, 0.3) is 10.8 Å². The van der Waals surface area contributed by atoms with Crippen LogP contribution in [-0.4, -0.2) is 36.5 Å². The maximum atomic E-state index is 12.1. The summed E-state index contributed by atoms with van der Waals surface area (Å²) < 4.78 is 29.0. The Kier molecular flexibility index (Phi) is 5.21. The number of carbonyl (C=O) groups excluding carboxylic acids is 1. The van der Waals surface area contributed by atoms with Crippen molar-refractivity contribution in [1.29, 1.82) is 0 Å². The van der Waals surface area contributed by atoms with E-state index >= 15 is 0 Å². The molecule has 0 aliphatic carbocycles. The molecule has 10 heteroatoms. The van der Waals surface area contributed by atoms with Crippen LogP contribution >= 0.6 is 23.1 Å². The van der Waals surface area contributed by atoms with Crippen LogP contribution in [0, 0.1) is 0 Å². The molecule has 2 heterocycles. The van der Waals surface area contributed by atoms with Gasteiger partial charge in [0.25, 0.3) is 11.1 Å². The monoisotopic (exact) mass is 395 g/mol. The van der Waals surface area contributed by atoms with E-state index in [9.17, 15) is 13.2 Å². The molecule has 3 aromatic rings. The Morgan fingerprint density at radius 3 is 2.76 bits per heavy atom. The maximum absolute atomic E-state index is 12.1. The Morgan fingerprint density at radius 1 is 1.24 bits per heavy atom. The molecule has 1 N–H and O–H groups in total. The lowest BCUT2D eigenvalue weighted by molar-refractivity contribution is -0.113. The van der Waals surface area contributed by atoms with Gasteiger partial charge < -0.3 is 9.73 Å². The van der Waals surface area contributed by atoms with E-state index in [1.807, 2.05) is 17.5 Å². The summed E-state index contributed by atoms with van der Waals surface area (Å²) in [6.45, 7) is 0. The van der Waals surface area contributed by atoms with E-state index in [0.29, 0.717) is 5.89 Å². The molecular weight excluding hydrogens is 382 g/mol. The molecule has 7 nitrogen and oxygen atoms in total. The highest BCUT2D eigenvalue weighted by Crippen LogP contribution is 2.27. The molecule has 0 unspecified atom stereocenters. The number of thioether (sulfide) groups is 1. The molecule has 0 aliphatic rings. The second-order valence-electron chi connectivity index (χ2n) is 4.96.